The van der Waals surface area contributed by atoms with Gasteiger partial charge in [0.1, 0.15) is 0 Å². The summed E-state index contributed by atoms with van der Waals surface area (Å²) in [4.78, 5) is 0. The highest BCUT2D eigenvalue weighted by molar-refractivity contribution is 8.89. The monoisotopic (exact) mass is 127 g/mol. The van der Waals surface area contributed by atoms with Gasteiger partial charge >= 0.3 is 0 Å². The van der Waals surface area contributed by atoms with Crippen molar-refractivity contribution in [3.05, 3.63) is 0 Å². The first kappa shape index (κ1) is 5.48. The van der Waals surface area contributed by atoms with Crippen LogP contribution in [-0.2, 0) is 36.7 Å². The zero-order chi connectivity index (χ0) is 3.58. The van der Waals surface area contributed by atoms with E-state index in [1.807, 2.05) is 0 Å². The fourth-order valence-corrected chi connectivity index (χ4v) is 0. The lowest BCUT2D eigenvalue weighted by Crippen LogP contribution is -1.35. The van der Waals surface area contributed by atoms with Crippen LogP contribution in [0.15, 0.2) is 0 Å². The summed E-state index contributed by atoms with van der Waals surface area (Å²) in [5.41, 5.74) is -0.870. The highest BCUT2D eigenvalue weighted by Crippen LogP contribution is 2.22. The normalized spacial score (nSPS) is 9.00. The fourth-order valence-electron chi connectivity index (χ4n) is 0. The summed E-state index contributed by atoms with van der Waals surface area (Å²) in [5, 5.41) is 0. The molecule has 0 aromatic heterocycles. The van der Waals surface area contributed by atoms with Gasteiger partial charge in [-0.3, -0.25) is 0 Å². The third-order valence-electron chi connectivity index (χ3n) is 0. The molecule has 0 atom stereocenters. The van der Waals surface area contributed by atoms with E-state index in [9.17, 15) is 0 Å². The van der Waals surface area contributed by atoms with Crippen molar-refractivity contribution in [2.45, 2.75) is 0 Å². The Hall–Kier alpha value is 1.48. The molecule has 0 spiro atoms. The smallest absolute Gasteiger partial charge is 0.576 e. The van der Waals surface area contributed by atoms with Gasteiger partial charge in [-0.25, -0.2) is 0 Å². The molecular weight excluding hydrogens is 127 g/mol. The van der Waals surface area contributed by atoms with Gasteiger partial charge in [0.25, 0.3) is 0 Å². The van der Waals surface area contributed by atoms with Crippen LogP contribution in [0.4, 0.5) is 0 Å². The van der Waals surface area contributed by atoms with E-state index in [4.69, 9.17) is 0 Å². The Labute approximate surface area is 42.6 Å². The van der Waals surface area contributed by atoms with Crippen molar-refractivity contribution in [2.75, 3.05) is 0 Å². The predicted octanol–water partition coefficient (Wildman–Crippen LogP) is 0.854. The van der Waals surface area contributed by atoms with E-state index in [0.717, 1.165) is 0 Å². The standard InChI is InChI=1S/PS3/c2-1(3)4/q-3. The SMILES string of the molecule is [S-]P([S-])[S-]. The first-order chi connectivity index (χ1) is 1.73. The molecule has 0 aliphatic rings. The molecule has 0 aromatic carbocycles. The lowest BCUT2D eigenvalue weighted by atomic mass is 29.7. The van der Waals surface area contributed by atoms with Gasteiger partial charge in [-0.05, 0) is 0 Å². The second-order valence-electron chi connectivity index (χ2n) is 0.224. The lowest BCUT2D eigenvalue weighted by molar-refractivity contribution is 5.40. The van der Waals surface area contributed by atoms with Crippen LogP contribution in [0.3, 0.4) is 0 Å². The molecule has 4 heteroatoms. The molecule has 0 aromatic rings. The third kappa shape index (κ3) is 9.77. The second-order valence-corrected chi connectivity index (χ2v) is 6.04. The summed E-state index contributed by atoms with van der Waals surface area (Å²) in [6.07, 6.45) is 0. The highest BCUT2D eigenvalue weighted by Gasteiger charge is 1.04. The Morgan fingerprint density at radius 3 is 1.00 bits per heavy atom. The van der Waals surface area contributed by atoms with Crippen LogP contribution in [0.5, 0.6) is 0 Å². The summed E-state index contributed by atoms with van der Waals surface area (Å²) >= 11 is 12.9. The number of rotatable bonds is 0. The molecule has 0 rings (SSSR count). The molecule has 0 radical (unpaired) electrons. The molecule has 0 bridgehead atoms. The van der Waals surface area contributed by atoms with Crippen molar-refractivity contribution < 1.29 is 0 Å². The lowest BCUT2D eigenvalue weighted by Gasteiger charge is -2.43. The zero-order valence-corrected chi connectivity index (χ0v) is 5.02. The van der Waals surface area contributed by atoms with Crippen LogP contribution in [0.25, 0.3) is 0 Å². The molecule has 0 aliphatic carbocycles. The van der Waals surface area contributed by atoms with Gasteiger partial charge in [-0.1, -0.05) is 0 Å². The van der Waals surface area contributed by atoms with Crippen molar-refractivity contribution in [3.8, 4) is 0 Å². The van der Waals surface area contributed by atoms with Crippen molar-refractivity contribution in [1.29, 1.82) is 0 Å². The van der Waals surface area contributed by atoms with Crippen molar-refractivity contribution >= 4 is 42.3 Å². The Morgan fingerprint density at radius 1 is 1.00 bits per heavy atom. The van der Waals surface area contributed by atoms with E-state index in [1.165, 1.54) is 0 Å². The molecule has 0 saturated carbocycles. The maximum absolute atomic E-state index is 4.31. The second kappa shape index (κ2) is 2.70. The van der Waals surface area contributed by atoms with E-state index in [0.29, 0.717) is 0 Å². The Morgan fingerprint density at radius 2 is 1.00 bits per heavy atom. The van der Waals surface area contributed by atoms with Crippen molar-refractivity contribution in [1.82, 2.24) is 0 Å². The van der Waals surface area contributed by atoms with E-state index < -0.39 is 5.53 Å². The Kier molecular flexibility index (Phi) is 3.70. The van der Waals surface area contributed by atoms with Gasteiger partial charge < -0.3 is 42.3 Å². The molecule has 4 heavy (non-hydrogen) atoms. The first-order valence-corrected chi connectivity index (χ1v) is 4.93. The minimum absolute atomic E-state index is 0.870. The minimum atomic E-state index is -0.870. The van der Waals surface area contributed by atoms with Crippen molar-refractivity contribution in [2.24, 2.45) is 0 Å². The molecule has 0 N–H and O–H groups in total. The van der Waals surface area contributed by atoms with Gasteiger partial charge in [-0.15, -0.1) is 0 Å². The van der Waals surface area contributed by atoms with Crippen LogP contribution >= 0.6 is 5.53 Å². The molecule has 0 nitrogen and oxygen atoms in total. The fraction of sp³-hybridized carbons (Fsp3) is 0. The van der Waals surface area contributed by atoms with E-state index in [1.54, 1.807) is 0 Å². The molecule has 0 saturated heterocycles. The molecule has 0 aliphatic heterocycles. The summed E-state index contributed by atoms with van der Waals surface area (Å²) < 4.78 is 0. The Bertz CT molecular complexity index is 8.00. The summed E-state index contributed by atoms with van der Waals surface area (Å²) in [5.74, 6) is 0. The van der Waals surface area contributed by atoms with Crippen LogP contribution < -0.4 is 0 Å². The largest absolute Gasteiger partial charge is 0.808 e. The van der Waals surface area contributed by atoms with E-state index >= 15 is 0 Å². The average Bonchev–Trinajstić information content (AvgIpc) is 0.811. The summed E-state index contributed by atoms with van der Waals surface area (Å²) in [6.45, 7) is 0. The first-order valence-electron chi connectivity index (χ1n) is 0.548. The van der Waals surface area contributed by atoms with Gasteiger partial charge in [-0.2, -0.15) is 0 Å². The van der Waals surface area contributed by atoms with Crippen molar-refractivity contribution in [3.63, 3.8) is 0 Å². The van der Waals surface area contributed by atoms with Crippen LogP contribution in [-0.4, -0.2) is 0 Å². The maximum Gasteiger partial charge on any atom is -0.576 e. The average molecular weight is 127 g/mol. The van der Waals surface area contributed by atoms with Crippen LogP contribution in [0.2, 0.25) is 0 Å². The number of hydrogen-bond donors (Lipinski definition) is 0. The quantitative estimate of drug-likeness (QED) is 0.350. The predicted molar refractivity (Wildman–Crippen MR) is 29.0 cm³/mol. The number of hydrogen-bond acceptors (Lipinski definition) is 3. The molecule has 0 amide bonds. The van der Waals surface area contributed by atoms with Gasteiger partial charge in [0.2, 0.25) is 0 Å². The van der Waals surface area contributed by atoms with E-state index in [2.05, 4.69) is 36.7 Å². The van der Waals surface area contributed by atoms with E-state index in [-0.39, 0.29) is 0 Å². The maximum atomic E-state index is 4.31. The third-order valence-corrected chi connectivity index (χ3v) is 0. The summed E-state index contributed by atoms with van der Waals surface area (Å²) in [6, 6.07) is 0. The highest BCUT2D eigenvalue weighted by atomic mass is 33.3. The Balaban J connectivity index is 2.32. The summed E-state index contributed by atoms with van der Waals surface area (Å²) in [7, 11) is 0. The molecule has 0 unspecified atom stereocenters. The molecule has 26 valence electrons. The van der Waals surface area contributed by atoms with Crippen LogP contribution in [0, 0.1) is 0 Å². The van der Waals surface area contributed by atoms with Crippen LogP contribution in [0.1, 0.15) is 0 Å². The zero-order valence-electron chi connectivity index (χ0n) is 1.67. The van der Waals surface area contributed by atoms with Gasteiger partial charge in [0, 0.05) is 0 Å². The molecule has 0 heterocycles. The molecule has 0 fully saturated rings. The minimum Gasteiger partial charge on any atom is -0.808 e. The topological polar surface area (TPSA) is 0 Å². The van der Waals surface area contributed by atoms with Gasteiger partial charge in [0.15, 0.2) is 0 Å². The van der Waals surface area contributed by atoms with Gasteiger partial charge in [0.05, 0.1) is 0 Å². The molecular formula is PS3-3.